The van der Waals surface area contributed by atoms with Crippen molar-refractivity contribution < 1.29 is 4.79 Å². The summed E-state index contributed by atoms with van der Waals surface area (Å²) in [5.74, 6) is 0.0979. The molecule has 0 fully saturated rings. The highest BCUT2D eigenvalue weighted by molar-refractivity contribution is 7.80. The van der Waals surface area contributed by atoms with E-state index in [1.165, 1.54) is 11.3 Å². The summed E-state index contributed by atoms with van der Waals surface area (Å²) in [7, 11) is 0. The fourth-order valence-electron chi connectivity index (χ4n) is 1.38. The van der Waals surface area contributed by atoms with Crippen LogP contribution in [0.25, 0.3) is 0 Å². The van der Waals surface area contributed by atoms with Crippen molar-refractivity contribution in [3.05, 3.63) is 21.9 Å². The Morgan fingerprint density at radius 2 is 2.19 bits per heavy atom. The summed E-state index contributed by atoms with van der Waals surface area (Å²) in [4.78, 5) is 13.0. The summed E-state index contributed by atoms with van der Waals surface area (Å²) < 4.78 is 0. The number of nitrogens with one attached hydrogen (secondary N) is 1. The molecule has 0 saturated carbocycles. The summed E-state index contributed by atoms with van der Waals surface area (Å²) >= 11 is 6.37. The molecule has 16 heavy (non-hydrogen) atoms. The van der Waals surface area contributed by atoms with E-state index in [-0.39, 0.29) is 17.9 Å². The molecule has 0 aromatic carbocycles. The highest BCUT2D eigenvalue weighted by Crippen LogP contribution is 2.16. The molecule has 1 aromatic heterocycles. The van der Waals surface area contributed by atoms with Crippen LogP contribution in [-0.2, 0) is 0 Å². The Bertz CT molecular complexity index is 398. The lowest BCUT2D eigenvalue weighted by Crippen LogP contribution is -2.46. The molecular weight excluding hydrogens is 240 g/mol. The number of thiophene rings is 1. The summed E-state index contributed by atoms with van der Waals surface area (Å²) in [6.45, 7) is 5.87. The van der Waals surface area contributed by atoms with Crippen LogP contribution in [0.3, 0.4) is 0 Å². The quantitative estimate of drug-likeness (QED) is 0.811. The molecule has 0 aliphatic carbocycles. The van der Waals surface area contributed by atoms with Gasteiger partial charge in [-0.1, -0.05) is 26.1 Å². The molecule has 1 rings (SSSR count). The third kappa shape index (κ3) is 3.02. The molecule has 0 aliphatic heterocycles. The number of nitrogens with two attached hydrogens (primary N) is 1. The molecule has 0 spiro atoms. The minimum Gasteiger partial charge on any atom is -0.392 e. The van der Waals surface area contributed by atoms with Crippen LogP contribution >= 0.6 is 23.6 Å². The number of carbonyl (C=O) groups excluding carboxylic acids is 1. The van der Waals surface area contributed by atoms with Gasteiger partial charge in [0, 0.05) is 0 Å². The van der Waals surface area contributed by atoms with Crippen molar-refractivity contribution in [2.45, 2.75) is 26.8 Å². The van der Waals surface area contributed by atoms with Crippen molar-refractivity contribution in [3.63, 3.8) is 0 Å². The van der Waals surface area contributed by atoms with Gasteiger partial charge in [-0.15, -0.1) is 11.3 Å². The van der Waals surface area contributed by atoms with E-state index < -0.39 is 0 Å². The molecule has 3 nitrogen and oxygen atoms in total. The van der Waals surface area contributed by atoms with E-state index in [0.717, 1.165) is 10.4 Å². The number of thiocarbonyl (C=S) groups is 1. The van der Waals surface area contributed by atoms with Crippen LogP contribution in [0.5, 0.6) is 0 Å². The summed E-state index contributed by atoms with van der Waals surface area (Å²) in [5.41, 5.74) is 6.58. The normalized spacial score (nSPS) is 12.5. The molecule has 1 atom stereocenters. The molecule has 1 heterocycles. The zero-order valence-corrected chi connectivity index (χ0v) is 11.2. The first-order valence-corrected chi connectivity index (χ1v) is 6.36. The molecule has 1 aromatic rings. The Hall–Kier alpha value is -0.940. The lowest BCUT2D eigenvalue weighted by atomic mass is 10.0. The van der Waals surface area contributed by atoms with E-state index in [2.05, 4.69) is 5.32 Å². The standard InChI is InChI=1S/C11H16N2OS2/c1-6(2)8(10(12)15)13-11(14)9-7(3)4-5-16-9/h4-6,8H,1-3H3,(H2,12,15)(H,13,14). The van der Waals surface area contributed by atoms with Gasteiger partial charge in [-0.2, -0.15) is 0 Å². The van der Waals surface area contributed by atoms with Crippen LogP contribution in [0, 0.1) is 12.8 Å². The van der Waals surface area contributed by atoms with Crippen molar-refractivity contribution in [2.24, 2.45) is 11.7 Å². The topological polar surface area (TPSA) is 55.1 Å². The molecular formula is C11H16N2OS2. The predicted molar refractivity (Wildman–Crippen MR) is 71.9 cm³/mol. The van der Waals surface area contributed by atoms with Gasteiger partial charge in [-0.05, 0) is 29.9 Å². The molecule has 88 valence electrons. The van der Waals surface area contributed by atoms with Crippen LogP contribution in [0.2, 0.25) is 0 Å². The van der Waals surface area contributed by atoms with Crippen LogP contribution in [0.15, 0.2) is 11.4 Å². The lowest BCUT2D eigenvalue weighted by Gasteiger charge is -2.20. The average molecular weight is 256 g/mol. The first kappa shape index (κ1) is 13.1. The fraction of sp³-hybridized carbons (Fsp3) is 0.455. The molecule has 1 amide bonds. The summed E-state index contributed by atoms with van der Waals surface area (Å²) in [6.07, 6.45) is 0. The first-order chi connectivity index (χ1) is 7.43. The second-order valence-corrected chi connectivity index (χ2v) is 5.42. The van der Waals surface area contributed by atoms with E-state index in [1.54, 1.807) is 0 Å². The second kappa shape index (κ2) is 5.41. The van der Waals surface area contributed by atoms with Gasteiger partial charge in [0.25, 0.3) is 5.91 Å². The highest BCUT2D eigenvalue weighted by atomic mass is 32.1. The van der Waals surface area contributed by atoms with Crippen molar-refractivity contribution in [3.8, 4) is 0 Å². The van der Waals surface area contributed by atoms with Crippen LogP contribution in [-0.4, -0.2) is 16.9 Å². The second-order valence-electron chi connectivity index (χ2n) is 4.03. The summed E-state index contributed by atoms with van der Waals surface area (Å²) in [6, 6.07) is 1.68. The van der Waals surface area contributed by atoms with Crippen molar-refractivity contribution >= 4 is 34.5 Å². The molecule has 0 radical (unpaired) electrons. The first-order valence-electron chi connectivity index (χ1n) is 5.07. The molecule has 1 unspecified atom stereocenters. The minimum atomic E-state index is -0.246. The largest absolute Gasteiger partial charge is 0.392 e. The third-order valence-corrected chi connectivity index (χ3v) is 3.60. The van der Waals surface area contributed by atoms with E-state index in [9.17, 15) is 4.79 Å². The van der Waals surface area contributed by atoms with E-state index in [0.29, 0.717) is 4.99 Å². The van der Waals surface area contributed by atoms with Crippen molar-refractivity contribution in [1.29, 1.82) is 0 Å². The van der Waals surface area contributed by atoms with Gasteiger partial charge in [0.2, 0.25) is 0 Å². The van der Waals surface area contributed by atoms with Crippen LogP contribution < -0.4 is 11.1 Å². The van der Waals surface area contributed by atoms with Gasteiger partial charge in [-0.25, -0.2) is 0 Å². The number of hydrogen-bond acceptors (Lipinski definition) is 3. The van der Waals surface area contributed by atoms with E-state index >= 15 is 0 Å². The Kier molecular flexibility index (Phi) is 4.44. The Morgan fingerprint density at radius 1 is 1.56 bits per heavy atom. The van der Waals surface area contributed by atoms with Gasteiger partial charge in [0.1, 0.15) is 0 Å². The Morgan fingerprint density at radius 3 is 2.56 bits per heavy atom. The molecule has 0 saturated heterocycles. The number of amides is 1. The van der Waals surface area contributed by atoms with Gasteiger partial charge < -0.3 is 11.1 Å². The maximum absolute atomic E-state index is 11.9. The smallest absolute Gasteiger partial charge is 0.262 e. The van der Waals surface area contributed by atoms with E-state index in [4.69, 9.17) is 18.0 Å². The summed E-state index contributed by atoms with van der Waals surface area (Å²) in [5, 5.41) is 4.76. The predicted octanol–water partition coefficient (Wildman–Crippen LogP) is 2.10. The maximum atomic E-state index is 11.9. The van der Waals surface area contributed by atoms with Gasteiger partial charge in [0.05, 0.1) is 15.9 Å². The maximum Gasteiger partial charge on any atom is 0.262 e. The minimum absolute atomic E-state index is 0.0981. The van der Waals surface area contributed by atoms with Crippen molar-refractivity contribution in [1.82, 2.24) is 5.32 Å². The average Bonchev–Trinajstić information content (AvgIpc) is 2.59. The number of aryl methyl sites for hydroxylation is 1. The lowest BCUT2D eigenvalue weighted by molar-refractivity contribution is 0.0943. The molecule has 0 aliphatic rings. The zero-order chi connectivity index (χ0) is 12.3. The van der Waals surface area contributed by atoms with Crippen molar-refractivity contribution in [2.75, 3.05) is 0 Å². The van der Waals surface area contributed by atoms with E-state index in [1.807, 2.05) is 32.2 Å². The van der Waals surface area contributed by atoms with Gasteiger partial charge in [0.15, 0.2) is 0 Å². The SMILES string of the molecule is Cc1ccsc1C(=O)NC(C(N)=S)C(C)C. The number of rotatable bonds is 4. The highest BCUT2D eigenvalue weighted by Gasteiger charge is 2.20. The molecule has 5 heteroatoms. The Balaban J connectivity index is 2.77. The number of carbonyl (C=O) groups is 1. The Labute approximate surface area is 105 Å². The van der Waals surface area contributed by atoms with Crippen LogP contribution in [0.4, 0.5) is 0 Å². The monoisotopic (exact) mass is 256 g/mol. The third-order valence-electron chi connectivity index (χ3n) is 2.33. The molecule has 3 N–H and O–H groups in total. The molecule has 0 bridgehead atoms. The fourth-order valence-corrected chi connectivity index (χ4v) is 2.54. The van der Waals surface area contributed by atoms with Gasteiger partial charge in [-0.3, -0.25) is 4.79 Å². The zero-order valence-electron chi connectivity index (χ0n) is 9.61. The number of hydrogen-bond donors (Lipinski definition) is 2. The van der Waals surface area contributed by atoms with Gasteiger partial charge >= 0.3 is 0 Å². The van der Waals surface area contributed by atoms with Crippen LogP contribution in [0.1, 0.15) is 29.1 Å².